The highest BCUT2D eigenvalue weighted by Crippen LogP contribution is 2.07. The van der Waals surface area contributed by atoms with E-state index in [2.05, 4.69) is 25.7 Å². The van der Waals surface area contributed by atoms with Crippen LogP contribution in [0.15, 0.2) is 36.5 Å². The normalized spacial score (nSPS) is 12.4. The Kier molecular flexibility index (Phi) is 6.81. The van der Waals surface area contributed by atoms with E-state index in [1.807, 2.05) is 19.1 Å². The maximum absolute atomic E-state index is 3.76. The molecule has 0 aromatic carbocycles. The molecule has 0 bridgehead atoms. The number of rotatable bonds is 5. The van der Waals surface area contributed by atoms with E-state index in [9.17, 15) is 0 Å². The van der Waals surface area contributed by atoms with Gasteiger partial charge in [-0.2, -0.15) is 0 Å². The van der Waals surface area contributed by atoms with Gasteiger partial charge in [0.05, 0.1) is 0 Å². The fourth-order valence-electron chi connectivity index (χ4n) is 0.854. The van der Waals surface area contributed by atoms with E-state index >= 15 is 0 Å². The maximum atomic E-state index is 3.76. The van der Waals surface area contributed by atoms with Crippen molar-refractivity contribution in [3.63, 3.8) is 0 Å². The molecule has 0 rings (SSSR count). The smallest absolute Gasteiger partial charge is 0.0279 e. The molecule has 0 heterocycles. The second-order valence-corrected chi connectivity index (χ2v) is 2.58. The Hall–Kier alpha value is -0.780. The van der Waals surface area contributed by atoms with Crippen molar-refractivity contribution < 1.29 is 0 Å². The van der Waals surface area contributed by atoms with E-state index in [-0.39, 0.29) is 0 Å². The number of hydrogen-bond donors (Lipinski definition) is 0. The van der Waals surface area contributed by atoms with E-state index in [0.717, 1.165) is 6.42 Å². The number of unbranched alkanes of at least 4 members (excludes halogenated alkanes) is 1. The summed E-state index contributed by atoms with van der Waals surface area (Å²) >= 11 is 0. The van der Waals surface area contributed by atoms with Crippen LogP contribution in [-0.4, -0.2) is 0 Å². The summed E-state index contributed by atoms with van der Waals surface area (Å²) < 4.78 is 0. The van der Waals surface area contributed by atoms with Crippen molar-refractivity contribution in [2.75, 3.05) is 0 Å². The summed E-state index contributed by atoms with van der Waals surface area (Å²) in [5.74, 6) is 0. The lowest BCUT2D eigenvalue weighted by molar-refractivity contribution is 0.798. The van der Waals surface area contributed by atoms with E-state index in [4.69, 9.17) is 0 Å². The van der Waals surface area contributed by atoms with Gasteiger partial charge < -0.3 is 0 Å². The Labute approximate surface area is 70.3 Å². The van der Waals surface area contributed by atoms with Crippen molar-refractivity contribution in [1.82, 2.24) is 0 Å². The first kappa shape index (κ1) is 10.2. The minimum absolute atomic E-state index is 1.16. The molecule has 0 fully saturated rings. The van der Waals surface area contributed by atoms with Crippen molar-refractivity contribution in [3.05, 3.63) is 36.5 Å². The van der Waals surface area contributed by atoms with Gasteiger partial charge in [-0.05, 0) is 25.3 Å². The van der Waals surface area contributed by atoms with Gasteiger partial charge in [0, 0.05) is 0 Å². The monoisotopic (exact) mass is 150 g/mol. The molecule has 0 atom stereocenters. The number of allylic oxidation sites excluding steroid dienone is 5. The van der Waals surface area contributed by atoms with Gasteiger partial charge in [-0.3, -0.25) is 0 Å². The zero-order valence-corrected chi connectivity index (χ0v) is 7.64. The molecule has 0 radical (unpaired) electrons. The predicted octanol–water partition coefficient (Wildman–Crippen LogP) is 3.87. The number of hydrogen-bond acceptors (Lipinski definition) is 0. The Morgan fingerprint density at radius 3 is 2.64 bits per heavy atom. The van der Waals surface area contributed by atoms with Crippen LogP contribution < -0.4 is 0 Å². The zero-order valence-electron chi connectivity index (χ0n) is 7.64. The van der Waals surface area contributed by atoms with Crippen molar-refractivity contribution >= 4 is 0 Å². The van der Waals surface area contributed by atoms with Gasteiger partial charge in [-0.1, -0.05) is 44.2 Å². The molecule has 11 heavy (non-hydrogen) atoms. The molecule has 0 aliphatic rings. The van der Waals surface area contributed by atoms with Crippen molar-refractivity contribution in [1.29, 1.82) is 0 Å². The van der Waals surface area contributed by atoms with E-state index in [1.54, 1.807) is 0 Å². The fraction of sp³-hybridized carbons (Fsp3) is 0.455. The molecule has 0 amide bonds. The first-order chi connectivity index (χ1) is 5.35. The molecule has 0 aromatic rings. The van der Waals surface area contributed by atoms with Crippen molar-refractivity contribution in [2.45, 2.75) is 33.1 Å². The van der Waals surface area contributed by atoms with Gasteiger partial charge in [-0.25, -0.2) is 0 Å². The van der Waals surface area contributed by atoms with Crippen LogP contribution in [0.2, 0.25) is 0 Å². The highest BCUT2D eigenvalue weighted by Gasteiger charge is 1.87. The summed E-state index contributed by atoms with van der Waals surface area (Å²) in [6, 6.07) is 0. The summed E-state index contributed by atoms with van der Waals surface area (Å²) in [5.41, 5.74) is 1.34. The average Bonchev–Trinajstić information content (AvgIpc) is 2.05. The van der Waals surface area contributed by atoms with Crippen LogP contribution in [0.1, 0.15) is 33.1 Å². The molecular weight excluding hydrogens is 132 g/mol. The first-order valence-electron chi connectivity index (χ1n) is 4.29. The minimum atomic E-state index is 1.16. The van der Waals surface area contributed by atoms with Crippen LogP contribution in [0.3, 0.4) is 0 Å². The SMILES string of the molecule is C=C/C(=C\C=C/C)CCCC. The lowest BCUT2D eigenvalue weighted by Gasteiger charge is -1.97. The summed E-state index contributed by atoms with van der Waals surface area (Å²) in [4.78, 5) is 0. The Morgan fingerprint density at radius 2 is 2.18 bits per heavy atom. The van der Waals surface area contributed by atoms with Crippen LogP contribution in [0, 0.1) is 0 Å². The molecule has 0 saturated heterocycles. The average molecular weight is 150 g/mol. The lowest BCUT2D eigenvalue weighted by Crippen LogP contribution is -1.77. The minimum Gasteiger partial charge on any atom is -0.0988 e. The predicted molar refractivity (Wildman–Crippen MR) is 52.6 cm³/mol. The molecular formula is C11H18. The van der Waals surface area contributed by atoms with Gasteiger partial charge >= 0.3 is 0 Å². The van der Waals surface area contributed by atoms with Gasteiger partial charge in [0.25, 0.3) is 0 Å². The quantitative estimate of drug-likeness (QED) is 0.522. The Bertz CT molecular complexity index is 149. The third-order valence-electron chi connectivity index (χ3n) is 1.58. The molecule has 62 valence electrons. The highest BCUT2D eigenvalue weighted by atomic mass is 13.9. The third kappa shape index (κ3) is 5.65. The summed E-state index contributed by atoms with van der Waals surface area (Å²) in [6.07, 6.45) is 11.8. The molecule has 0 aliphatic heterocycles. The summed E-state index contributed by atoms with van der Waals surface area (Å²) in [6.45, 7) is 7.99. The Balaban J connectivity index is 3.83. The van der Waals surface area contributed by atoms with Gasteiger partial charge in [0.2, 0.25) is 0 Å². The van der Waals surface area contributed by atoms with Gasteiger partial charge in [-0.15, -0.1) is 0 Å². The first-order valence-corrected chi connectivity index (χ1v) is 4.29. The second-order valence-electron chi connectivity index (χ2n) is 2.58. The molecule has 0 aliphatic carbocycles. The standard InChI is InChI=1S/C11H18/c1-4-7-9-11(6-3)10-8-5-2/h4,6-7,9H,3,5,8,10H2,1-2H3/b7-4-,11-9+. The van der Waals surface area contributed by atoms with Crippen LogP contribution in [-0.2, 0) is 0 Å². The Morgan fingerprint density at radius 1 is 1.45 bits per heavy atom. The highest BCUT2D eigenvalue weighted by molar-refractivity contribution is 5.21. The topological polar surface area (TPSA) is 0 Å². The summed E-state index contributed by atoms with van der Waals surface area (Å²) in [7, 11) is 0. The van der Waals surface area contributed by atoms with Crippen LogP contribution in [0.5, 0.6) is 0 Å². The van der Waals surface area contributed by atoms with Crippen LogP contribution in [0.25, 0.3) is 0 Å². The molecule has 0 unspecified atom stereocenters. The van der Waals surface area contributed by atoms with Gasteiger partial charge in [0.1, 0.15) is 0 Å². The molecule has 0 saturated carbocycles. The maximum Gasteiger partial charge on any atom is -0.0279 e. The molecule has 0 nitrogen and oxygen atoms in total. The molecule has 0 N–H and O–H groups in total. The van der Waals surface area contributed by atoms with Crippen molar-refractivity contribution in [3.8, 4) is 0 Å². The van der Waals surface area contributed by atoms with Gasteiger partial charge in [0.15, 0.2) is 0 Å². The van der Waals surface area contributed by atoms with Crippen LogP contribution in [0.4, 0.5) is 0 Å². The fourth-order valence-corrected chi connectivity index (χ4v) is 0.854. The van der Waals surface area contributed by atoms with E-state index in [1.165, 1.54) is 18.4 Å². The van der Waals surface area contributed by atoms with Crippen molar-refractivity contribution in [2.24, 2.45) is 0 Å². The molecule has 0 aromatic heterocycles. The van der Waals surface area contributed by atoms with Crippen LogP contribution >= 0.6 is 0 Å². The lowest BCUT2D eigenvalue weighted by atomic mass is 10.1. The molecule has 0 spiro atoms. The van der Waals surface area contributed by atoms with E-state index < -0.39 is 0 Å². The second kappa shape index (κ2) is 7.33. The summed E-state index contributed by atoms with van der Waals surface area (Å²) in [5, 5.41) is 0. The van der Waals surface area contributed by atoms with E-state index in [0.29, 0.717) is 0 Å². The third-order valence-corrected chi connectivity index (χ3v) is 1.58. The zero-order chi connectivity index (χ0) is 8.53. The molecule has 0 heteroatoms. The largest absolute Gasteiger partial charge is 0.0988 e.